The summed E-state index contributed by atoms with van der Waals surface area (Å²) >= 11 is 0. The third-order valence-electron chi connectivity index (χ3n) is 0. The molecule has 36 valence electrons. The molecule has 0 rings (SSSR count). The summed E-state index contributed by atoms with van der Waals surface area (Å²) in [6.07, 6.45) is 1.00. The zero-order valence-electron chi connectivity index (χ0n) is 3.38. The Morgan fingerprint density at radius 1 is 1.29 bits per heavy atom. The molecule has 0 aliphatic rings. The highest BCUT2D eigenvalue weighted by Crippen LogP contribution is 0.629. The molecule has 0 spiro atoms. The summed E-state index contributed by atoms with van der Waals surface area (Å²) in [5.74, 6) is 0. The minimum atomic E-state index is 1.00. The topological polar surface area (TPSA) is 90.2 Å². The van der Waals surface area contributed by atoms with Crippen LogP contribution in [0.15, 0.2) is 0 Å². The number of hydrogen-bond donors (Lipinski definition) is 1. The van der Waals surface area contributed by atoms with Gasteiger partial charge in [0, 0.05) is 0 Å². The second-order valence-corrected chi connectivity index (χ2v) is 0.118. The molecular weight excluding hydrogens is 94.1 g/mol. The van der Waals surface area contributed by atoms with E-state index in [-0.39, 0.29) is 0 Å². The molecular formula is C3H2N3O-. The normalized spacial score (nSPS) is 1.71. The largest absolute Gasteiger partial charge is 0.512 e. The van der Waals surface area contributed by atoms with Gasteiger partial charge in [-0.2, -0.15) is 10.2 Å². The van der Waals surface area contributed by atoms with Gasteiger partial charge in [-0.3, -0.25) is 0 Å². The molecule has 2 N–H and O–H groups in total. The first-order chi connectivity index (χ1) is 3.41. The quantitative estimate of drug-likeness (QED) is 0.221. The molecule has 0 saturated carbocycles. The maximum Gasteiger partial charge on any atom is 0.420 e. The minimum absolute atomic E-state index is 1.00. The molecule has 0 radical (unpaired) electrons. The zero-order valence-corrected chi connectivity index (χ0v) is 3.38. The lowest BCUT2D eigenvalue weighted by atomic mass is 11.7. The van der Waals surface area contributed by atoms with E-state index < -0.39 is 0 Å². The van der Waals surface area contributed by atoms with E-state index in [9.17, 15) is 0 Å². The first-order valence-electron chi connectivity index (χ1n) is 0.940. The summed E-state index contributed by atoms with van der Waals surface area (Å²) in [4.78, 5) is 8.46. The summed E-state index contributed by atoms with van der Waals surface area (Å²) in [6, 6.07) is 0. The molecule has 4 heteroatoms. The summed E-state index contributed by atoms with van der Waals surface area (Å²) in [7, 11) is 0. The van der Waals surface area contributed by atoms with Gasteiger partial charge in [0.2, 0.25) is 0 Å². The van der Waals surface area contributed by atoms with E-state index in [1.165, 1.54) is 0 Å². The summed E-state index contributed by atoms with van der Waals surface area (Å²) < 4.78 is 0. The van der Waals surface area contributed by atoms with Crippen molar-refractivity contribution in [2.45, 2.75) is 0 Å². The van der Waals surface area contributed by atoms with Gasteiger partial charge in [-0.1, -0.05) is 0 Å². The Bertz CT molecular complexity index is 70.7. The summed E-state index contributed by atoms with van der Waals surface area (Å²) in [5.41, 5.74) is 0. The number of carbonyl (C=O) groups excluding carboxylic acids is 1. The van der Waals surface area contributed by atoms with Crippen LogP contribution in [0.25, 0.3) is 0 Å². The Kier molecular flexibility index (Phi) is 314. The van der Waals surface area contributed by atoms with E-state index in [1.54, 1.807) is 0 Å². The summed E-state index contributed by atoms with van der Waals surface area (Å²) in [6.45, 7) is 9.50. The van der Waals surface area contributed by atoms with Crippen LogP contribution < -0.4 is 5.41 Å². The van der Waals surface area contributed by atoms with Gasteiger partial charge < -0.3 is 23.7 Å². The minimum Gasteiger partial charge on any atom is -0.512 e. The van der Waals surface area contributed by atoms with Gasteiger partial charge >= 0.3 is 6.08 Å². The van der Waals surface area contributed by atoms with E-state index in [2.05, 4.69) is 5.41 Å². The van der Waals surface area contributed by atoms with Crippen LogP contribution in [-0.2, 0) is 4.79 Å². The standard InChI is InChI=1S/CHNO.2CN/c2-1-3;2*1-2/h2H;;/q;2*-1/p+1. The van der Waals surface area contributed by atoms with Gasteiger partial charge in [0.1, 0.15) is 0 Å². The number of nitrogens with zero attached hydrogens (tertiary/aromatic N) is 2. The molecule has 0 atom stereocenters. The first-order valence-corrected chi connectivity index (χ1v) is 0.940. The smallest absolute Gasteiger partial charge is 0.420 e. The van der Waals surface area contributed by atoms with Crippen molar-refractivity contribution < 1.29 is 10.2 Å². The van der Waals surface area contributed by atoms with E-state index in [4.69, 9.17) is 28.5 Å². The van der Waals surface area contributed by atoms with Crippen LogP contribution >= 0.6 is 0 Å². The van der Waals surface area contributed by atoms with Crippen molar-refractivity contribution in [1.82, 2.24) is 0 Å². The number of hydrogen-bond acceptors (Lipinski definition) is 3. The van der Waals surface area contributed by atoms with Crippen LogP contribution in [-0.4, -0.2) is 6.08 Å². The second kappa shape index (κ2) is 120. The maximum absolute atomic E-state index is 8.46. The molecule has 0 aromatic rings. The molecule has 0 saturated heterocycles. The average molecular weight is 96.1 g/mol. The third-order valence-corrected chi connectivity index (χ3v) is 0. The molecule has 0 aliphatic heterocycles. The van der Waals surface area contributed by atoms with Crippen molar-refractivity contribution in [2.24, 2.45) is 0 Å². The van der Waals surface area contributed by atoms with E-state index in [0.717, 1.165) is 6.08 Å². The fraction of sp³-hybridized carbons (Fsp3) is 0. The number of rotatable bonds is 0. The SMILES string of the molecule is [C-]#N.[C-]#N.[NH2+]=C=O. The van der Waals surface area contributed by atoms with Crippen LogP contribution in [0.2, 0.25) is 0 Å². The molecule has 0 fully saturated rings. The first kappa shape index (κ1) is 18.3. The van der Waals surface area contributed by atoms with Crippen molar-refractivity contribution in [2.75, 3.05) is 0 Å². The predicted octanol–water partition coefficient (Wildman–Crippen LogP) is -1.73. The van der Waals surface area contributed by atoms with Crippen molar-refractivity contribution in [3.63, 3.8) is 0 Å². The van der Waals surface area contributed by atoms with Crippen LogP contribution in [0.4, 0.5) is 0 Å². The molecule has 0 aromatic carbocycles. The fourth-order valence-electron chi connectivity index (χ4n) is 0. The highest BCUT2D eigenvalue weighted by molar-refractivity contribution is 5.21. The van der Waals surface area contributed by atoms with Crippen LogP contribution in [0.5, 0.6) is 0 Å². The Labute approximate surface area is 41.1 Å². The molecule has 0 amide bonds. The Morgan fingerprint density at radius 3 is 1.29 bits per heavy atom. The Balaban J connectivity index is -0.0000000360. The predicted molar refractivity (Wildman–Crippen MR) is 17.6 cm³/mol. The van der Waals surface area contributed by atoms with Crippen molar-refractivity contribution in [3.8, 4) is 0 Å². The summed E-state index contributed by atoms with van der Waals surface area (Å²) in [5, 5.41) is 16.5. The third kappa shape index (κ3) is 9.03. The second-order valence-electron chi connectivity index (χ2n) is 0.118. The lowest BCUT2D eigenvalue weighted by Gasteiger charge is -1.08. The van der Waals surface area contributed by atoms with Gasteiger partial charge in [0.05, 0.1) is 0 Å². The molecule has 0 unspecified atom stereocenters. The molecule has 7 heavy (non-hydrogen) atoms. The van der Waals surface area contributed by atoms with Crippen molar-refractivity contribution >= 4 is 6.08 Å². The molecule has 0 aliphatic carbocycles. The van der Waals surface area contributed by atoms with Gasteiger partial charge in [0.25, 0.3) is 0 Å². The monoisotopic (exact) mass is 96.0 g/mol. The number of nitrogens with two attached hydrogens (primary N) is 1. The van der Waals surface area contributed by atoms with Crippen LogP contribution in [0, 0.1) is 23.7 Å². The van der Waals surface area contributed by atoms with E-state index >= 15 is 0 Å². The Morgan fingerprint density at radius 2 is 1.29 bits per heavy atom. The Hall–Kier alpha value is -1.64. The van der Waals surface area contributed by atoms with Gasteiger partial charge in [-0.25, -0.2) is 0 Å². The van der Waals surface area contributed by atoms with Crippen molar-refractivity contribution in [1.29, 1.82) is 10.5 Å². The lowest BCUT2D eigenvalue weighted by molar-refractivity contribution is -0.111. The van der Waals surface area contributed by atoms with Crippen molar-refractivity contribution in [3.05, 3.63) is 13.1 Å². The van der Waals surface area contributed by atoms with E-state index in [1.807, 2.05) is 0 Å². The van der Waals surface area contributed by atoms with Crippen LogP contribution in [0.3, 0.4) is 0 Å². The lowest BCUT2D eigenvalue weighted by Crippen LogP contribution is -2.24. The molecule has 4 nitrogen and oxygen atoms in total. The molecule has 0 heterocycles. The van der Waals surface area contributed by atoms with Gasteiger partial charge in [-0.15, -0.1) is 0 Å². The highest BCUT2D eigenvalue weighted by Gasteiger charge is 1.17. The van der Waals surface area contributed by atoms with Gasteiger partial charge in [0.15, 0.2) is 0 Å². The molecule has 0 aromatic heterocycles. The van der Waals surface area contributed by atoms with E-state index in [0.29, 0.717) is 0 Å². The van der Waals surface area contributed by atoms with Crippen LogP contribution in [0.1, 0.15) is 0 Å². The molecule has 0 bridgehead atoms. The average Bonchev–Trinajstić information content (AvgIpc) is 1.78. The highest BCUT2D eigenvalue weighted by atomic mass is 16.1. The zero-order chi connectivity index (χ0) is 6.71. The fourth-order valence-corrected chi connectivity index (χ4v) is 0. The van der Waals surface area contributed by atoms with Gasteiger partial charge in [-0.05, 0) is 0 Å². The maximum atomic E-state index is 8.46. The number of isocyanates is 1.